The van der Waals surface area contributed by atoms with Gasteiger partial charge in [0, 0.05) is 37.4 Å². The number of nitrogens with two attached hydrogens (primary N) is 1. The average Bonchev–Trinajstić information content (AvgIpc) is 3.61. The van der Waals surface area contributed by atoms with Crippen LogP contribution in [0.1, 0.15) is 17.5 Å². The summed E-state index contributed by atoms with van der Waals surface area (Å²) in [5, 5.41) is 13.2. The number of fused-ring (bicyclic) bond motifs is 3. The van der Waals surface area contributed by atoms with Crippen molar-refractivity contribution in [2.75, 3.05) is 13.2 Å². The minimum Gasteiger partial charge on any atom is -0.395 e. The number of nitrogens with zero attached hydrogens (tertiary/aromatic N) is 3. The van der Waals surface area contributed by atoms with Crippen LogP contribution < -0.4 is 11.1 Å². The van der Waals surface area contributed by atoms with Gasteiger partial charge in [0.1, 0.15) is 17.5 Å². The highest BCUT2D eigenvalue weighted by Crippen LogP contribution is 2.25. The summed E-state index contributed by atoms with van der Waals surface area (Å²) >= 11 is 0. The lowest BCUT2D eigenvalue weighted by Crippen LogP contribution is -2.61. The second-order valence-electron chi connectivity index (χ2n) is 9.62. The Hall–Kier alpha value is -4.05. The van der Waals surface area contributed by atoms with Crippen LogP contribution in [0.3, 0.4) is 0 Å². The van der Waals surface area contributed by atoms with E-state index in [0.717, 1.165) is 50.6 Å². The highest BCUT2D eigenvalue weighted by atomic mass is 16.3. The molecule has 3 heterocycles. The van der Waals surface area contributed by atoms with Crippen molar-refractivity contribution >= 4 is 33.1 Å². The molecule has 188 valence electrons. The van der Waals surface area contributed by atoms with Crippen LogP contribution >= 0.6 is 0 Å². The molecule has 0 radical (unpaired) electrons. The maximum atomic E-state index is 9.67. The molecule has 7 N–H and O–H groups in total. The van der Waals surface area contributed by atoms with Crippen LogP contribution in [0.4, 0.5) is 0 Å². The molecular weight excluding hydrogens is 464 g/mol. The summed E-state index contributed by atoms with van der Waals surface area (Å²) in [5.41, 5.74) is 12.2. The molecule has 1 atom stereocenters. The molecule has 3 aromatic heterocycles. The zero-order valence-electron chi connectivity index (χ0n) is 20.4. The second-order valence-corrected chi connectivity index (χ2v) is 9.62. The molecule has 3 aromatic carbocycles. The number of benzene rings is 3. The van der Waals surface area contributed by atoms with Crippen molar-refractivity contribution in [2.45, 2.75) is 30.8 Å². The molecule has 0 fully saturated rings. The number of hydrogen-bond donors (Lipinski definition) is 6. The Morgan fingerprint density at radius 2 is 1.14 bits per heavy atom. The standard InChI is InChI=1S/C28H30N8O/c29-28(16-26-33-20-9-3-4-10-21(20)34-26,17-27-35-22-11-5-6-12-23(22)36-27)24(30-13-14-37)15-25-31-18-7-1-2-8-19(18)32-25/h1-12,24,30,37H,13-17,29H2,(H,31,32)(H,33,34)(H,35,36). The van der Waals surface area contributed by atoms with E-state index < -0.39 is 5.54 Å². The van der Waals surface area contributed by atoms with E-state index in [0.29, 0.717) is 25.8 Å². The van der Waals surface area contributed by atoms with Gasteiger partial charge in [-0.1, -0.05) is 36.4 Å². The van der Waals surface area contributed by atoms with E-state index in [1.807, 2.05) is 72.8 Å². The number of nitrogens with one attached hydrogen (secondary N) is 4. The molecule has 37 heavy (non-hydrogen) atoms. The number of para-hydroxylation sites is 6. The molecule has 1 unspecified atom stereocenters. The van der Waals surface area contributed by atoms with Gasteiger partial charge < -0.3 is 31.1 Å². The SMILES string of the molecule is NC(Cc1nc2ccccc2[nH]1)(Cc1nc2ccccc2[nH]1)C(Cc1nc2ccccc2[nH]1)NCCO. The maximum absolute atomic E-state index is 9.67. The van der Waals surface area contributed by atoms with E-state index >= 15 is 0 Å². The van der Waals surface area contributed by atoms with Gasteiger partial charge in [-0.05, 0) is 36.4 Å². The Kier molecular flexibility index (Phi) is 6.17. The normalized spacial score (nSPS) is 13.1. The first-order valence-electron chi connectivity index (χ1n) is 12.5. The number of imidazole rings is 3. The van der Waals surface area contributed by atoms with Gasteiger partial charge in [-0.15, -0.1) is 0 Å². The van der Waals surface area contributed by atoms with Crippen LogP contribution in [-0.4, -0.2) is 59.7 Å². The van der Waals surface area contributed by atoms with Crippen molar-refractivity contribution in [3.8, 4) is 0 Å². The fourth-order valence-corrected chi connectivity index (χ4v) is 5.12. The van der Waals surface area contributed by atoms with Crippen LogP contribution in [0.25, 0.3) is 33.1 Å². The van der Waals surface area contributed by atoms with E-state index in [-0.39, 0.29) is 12.6 Å². The van der Waals surface area contributed by atoms with E-state index in [9.17, 15) is 5.11 Å². The predicted molar refractivity (Wildman–Crippen MR) is 145 cm³/mol. The van der Waals surface area contributed by atoms with E-state index in [1.165, 1.54) is 0 Å². The molecular formula is C28H30N8O. The van der Waals surface area contributed by atoms with Gasteiger partial charge in [-0.25, -0.2) is 15.0 Å². The number of aromatic amines is 3. The lowest BCUT2D eigenvalue weighted by molar-refractivity contribution is 0.239. The van der Waals surface area contributed by atoms with Crippen LogP contribution in [-0.2, 0) is 19.3 Å². The van der Waals surface area contributed by atoms with Gasteiger partial charge in [-0.2, -0.15) is 0 Å². The highest BCUT2D eigenvalue weighted by molar-refractivity contribution is 5.76. The van der Waals surface area contributed by atoms with E-state index in [1.54, 1.807) is 0 Å². The first-order valence-corrected chi connectivity index (χ1v) is 12.5. The summed E-state index contributed by atoms with van der Waals surface area (Å²) in [6.07, 6.45) is 1.50. The minimum absolute atomic E-state index is 0.00197. The van der Waals surface area contributed by atoms with Crippen molar-refractivity contribution in [3.63, 3.8) is 0 Å². The first-order chi connectivity index (χ1) is 18.1. The summed E-state index contributed by atoms with van der Waals surface area (Å²) in [5.74, 6) is 2.45. The van der Waals surface area contributed by atoms with Gasteiger partial charge in [-0.3, -0.25) is 0 Å². The molecule has 9 heteroatoms. The van der Waals surface area contributed by atoms with Gasteiger partial charge in [0.25, 0.3) is 0 Å². The Bertz CT molecular complexity index is 1470. The summed E-state index contributed by atoms with van der Waals surface area (Å²) in [4.78, 5) is 24.7. The fourth-order valence-electron chi connectivity index (χ4n) is 5.12. The molecule has 0 saturated carbocycles. The first kappa shape index (κ1) is 23.4. The topological polar surface area (TPSA) is 144 Å². The predicted octanol–water partition coefficient (Wildman–Crippen LogP) is 2.99. The Morgan fingerprint density at radius 1 is 0.703 bits per heavy atom. The average molecular weight is 495 g/mol. The van der Waals surface area contributed by atoms with Crippen molar-refractivity contribution in [1.82, 2.24) is 35.2 Å². The van der Waals surface area contributed by atoms with Crippen LogP contribution in [0, 0.1) is 0 Å². The lowest BCUT2D eigenvalue weighted by Gasteiger charge is -2.37. The number of hydrogen-bond acceptors (Lipinski definition) is 6. The van der Waals surface area contributed by atoms with Gasteiger partial charge in [0.05, 0.1) is 39.7 Å². The van der Waals surface area contributed by atoms with Crippen LogP contribution in [0.2, 0.25) is 0 Å². The van der Waals surface area contributed by atoms with Gasteiger partial charge in [0.15, 0.2) is 0 Å². The highest BCUT2D eigenvalue weighted by Gasteiger charge is 2.38. The molecule has 0 amide bonds. The van der Waals surface area contributed by atoms with Crippen LogP contribution in [0.15, 0.2) is 72.8 Å². The maximum Gasteiger partial charge on any atom is 0.109 e. The zero-order valence-corrected chi connectivity index (χ0v) is 20.4. The van der Waals surface area contributed by atoms with E-state index in [4.69, 9.17) is 20.7 Å². The fraction of sp³-hybridized carbons (Fsp3) is 0.250. The summed E-state index contributed by atoms with van der Waals surface area (Å²) in [6.45, 7) is 0.409. The quantitative estimate of drug-likeness (QED) is 0.173. The molecule has 0 saturated heterocycles. The number of aromatic nitrogens is 6. The summed E-state index contributed by atoms with van der Waals surface area (Å²) in [7, 11) is 0. The Morgan fingerprint density at radius 3 is 1.59 bits per heavy atom. The van der Waals surface area contributed by atoms with Crippen molar-refractivity contribution in [1.29, 1.82) is 0 Å². The number of rotatable bonds is 10. The monoisotopic (exact) mass is 494 g/mol. The number of H-pyrrole nitrogens is 3. The summed E-state index contributed by atoms with van der Waals surface area (Å²) < 4.78 is 0. The molecule has 0 aliphatic carbocycles. The number of aliphatic hydroxyl groups excluding tert-OH is 1. The molecule has 0 spiro atoms. The third-order valence-electron chi connectivity index (χ3n) is 6.90. The molecule has 0 aliphatic heterocycles. The third-order valence-corrected chi connectivity index (χ3v) is 6.90. The van der Waals surface area contributed by atoms with Gasteiger partial charge >= 0.3 is 0 Å². The Balaban J connectivity index is 1.38. The molecule has 9 nitrogen and oxygen atoms in total. The smallest absolute Gasteiger partial charge is 0.109 e. The van der Waals surface area contributed by atoms with Crippen LogP contribution in [0.5, 0.6) is 0 Å². The Labute approximate surface area is 213 Å². The van der Waals surface area contributed by atoms with Crippen molar-refractivity contribution < 1.29 is 5.11 Å². The molecule has 6 rings (SSSR count). The van der Waals surface area contributed by atoms with Gasteiger partial charge in [0.2, 0.25) is 0 Å². The largest absolute Gasteiger partial charge is 0.395 e. The third kappa shape index (κ3) is 4.84. The second kappa shape index (κ2) is 9.78. The molecule has 0 aliphatic rings. The van der Waals surface area contributed by atoms with E-state index in [2.05, 4.69) is 20.3 Å². The lowest BCUT2D eigenvalue weighted by atomic mass is 9.81. The number of aliphatic hydroxyl groups is 1. The summed E-state index contributed by atoms with van der Waals surface area (Å²) in [6, 6.07) is 23.7. The molecule has 6 aromatic rings. The van der Waals surface area contributed by atoms with Crippen molar-refractivity contribution in [3.05, 3.63) is 90.3 Å². The van der Waals surface area contributed by atoms with Crippen molar-refractivity contribution in [2.24, 2.45) is 5.73 Å². The molecule has 0 bridgehead atoms. The zero-order chi connectivity index (χ0) is 25.2. The minimum atomic E-state index is -0.810.